The van der Waals surface area contributed by atoms with Crippen molar-refractivity contribution in [3.63, 3.8) is 0 Å². The van der Waals surface area contributed by atoms with Crippen molar-refractivity contribution >= 4 is 11.7 Å². The fraction of sp³-hybridized carbons (Fsp3) is 0.214. The highest BCUT2D eigenvalue weighted by molar-refractivity contribution is 5.94. The van der Waals surface area contributed by atoms with Gasteiger partial charge in [-0.2, -0.15) is 0 Å². The molecule has 0 saturated heterocycles. The van der Waals surface area contributed by atoms with E-state index in [0.717, 1.165) is 12.1 Å². The average Bonchev–Trinajstić information content (AvgIpc) is 2.46. The maximum Gasteiger partial charge on any atom is 0.251 e. The summed E-state index contributed by atoms with van der Waals surface area (Å²) in [5, 5.41) is 5.93. The largest absolute Gasteiger partial charge is 0.370 e. The third-order valence-corrected chi connectivity index (χ3v) is 2.56. The van der Waals surface area contributed by atoms with Crippen LogP contribution in [0, 0.1) is 0 Å². The predicted molar refractivity (Wildman–Crippen MR) is 73.8 cm³/mol. The maximum atomic E-state index is 12.0. The molecule has 0 aliphatic heterocycles. The number of aromatic nitrogens is 2. The predicted octanol–water partition coefficient (Wildman–Crippen LogP) is 1.84. The number of rotatable bonds is 5. The first-order valence-corrected chi connectivity index (χ1v) is 6.16. The Morgan fingerprint density at radius 3 is 2.95 bits per heavy atom. The van der Waals surface area contributed by atoms with Gasteiger partial charge >= 0.3 is 0 Å². The zero-order chi connectivity index (χ0) is 13.5. The van der Waals surface area contributed by atoms with Crippen LogP contribution in [0.1, 0.15) is 22.8 Å². The number of pyridine rings is 2. The summed E-state index contributed by atoms with van der Waals surface area (Å²) < 4.78 is 0. The zero-order valence-corrected chi connectivity index (χ0v) is 10.8. The van der Waals surface area contributed by atoms with Crippen molar-refractivity contribution in [3.05, 3.63) is 54.0 Å². The van der Waals surface area contributed by atoms with Gasteiger partial charge in [0.1, 0.15) is 5.82 Å². The number of carbonyl (C=O) groups is 1. The summed E-state index contributed by atoms with van der Waals surface area (Å²) >= 11 is 0. The lowest BCUT2D eigenvalue weighted by Gasteiger charge is -2.07. The van der Waals surface area contributed by atoms with E-state index in [1.54, 1.807) is 30.7 Å². The smallest absolute Gasteiger partial charge is 0.251 e. The fourth-order valence-electron chi connectivity index (χ4n) is 1.64. The van der Waals surface area contributed by atoms with Crippen LogP contribution < -0.4 is 10.6 Å². The molecule has 0 fully saturated rings. The molecule has 2 N–H and O–H groups in total. The molecule has 19 heavy (non-hydrogen) atoms. The molecule has 0 radical (unpaired) electrons. The van der Waals surface area contributed by atoms with E-state index in [-0.39, 0.29) is 5.91 Å². The van der Waals surface area contributed by atoms with Crippen molar-refractivity contribution in [2.75, 3.05) is 11.9 Å². The van der Waals surface area contributed by atoms with Gasteiger partial charge in [-0.25, -0.2) is 4.98 Å². The number of hydrogen-bond donors (Lipinski definition) is 2. The molecule has 2 rings (SSSR count). The normalized spacial score (nSPS) is 9.95. The topological polar surface area (TPSA) is 66.9 Å². The van der Waals surface area contributed by atoms with Crippen LogP contribution >= 0.6 is 0 Å². The van der Waals surface area contributed by atoms with Crippen molar-refractivity contribution in [2.24, 2.45) is 0 Å². The van der Waals surface area contributed by atoms with E-state index in [1.807, 2.05) is 19.1 Å². The SMILES string of the molecule is CCNc1cc(C(=O)NCc2cccnc2)ccn1. The first-order chi connectivity index (χ1) is 9.29. The average molecular weight is 256 g/mol. The third-order valence-electron chi connectivity index (χ3n) is 2.56. The Morgan fingerprint density at radius 2 is 2.21 bits per heavy atom. The van der Waals surface area contributed by atoms with Crippen LogP contribution in [0.15, 0.2) is 42.9 Å². The zero-order valence-electron chi connectivity index (χ0n) is 10.8. The summed E-state index contributed by atoms with van der Waals surface area (Å²) in [6, 6.07) is 7.20. The molecule has 0 saturated carbocycles. The van der Waals surface area contributed by atoms with Crippen LogP contribution in [0.4, 0.5) is 5.82 Å². The van der Waals surface area contributed by atoms with Crippen molar-refractivity contribution in [1.82, 2.24) is 15.3 Å². The lowest BCUT2D eigenvalue weighted by Crippen LogP contribution is -2.23. The summed E-state index contributed by atoms with van der Waals surface area (Å²) in [5.74, 6) is 0.585. The molecular weight excluding hydrogens is 240 g/mol. The lowest BCUT2D eigenvalue weighted by atomic mass is 10.2. The molecule has 98 valence electrons. The van der Waals surface area contributed by atoms with Gasteiger partial charge in [-0.15, -0.1) is 0 Å². The van der Waals surface area contributed by atoms with E-state index in [0.29, 0.717) is 17.9 Å². The number of amides is 1. The number of carbonyl (C=O) groups excluding carboxylic acids is 1. The minimum Gasteiger partial charge on any atom is -0.370 e. The van der Waals surface area contributed by atoms with E-state index in [1.165, 1.54) is 0 Å². The summed E-state index contributed by atoms with van der Waals surface area (Å²) in [5.41, 5.74) is 1.56. The molecule has 2 heterocycles. The van der Waals surface area contributed by atoms with Gasteiger partial charge in [0.25, 0.3) is 5.91 Å². The molecule has 2 aromatic heterocycles. The first kappa shape index (κ1) is 13.0. The molecular formula is C14H16N4O. The summed E-state index contributed by atoms with van der Waals surface area (Å²) in [4.78, 5) is 20.1. The Hall–Kier alpha value is -2.43. The van der Waals surface area contributed by atoms with Gasteiger partial charge in [-0.3, -0.25) is 9.78 Å². The second-order valence-corrected chi connectivity index (χ2v) is 4.00. The summed E-state index contributed by atoms with van der Waals surface area (Å²) in [7, 11) is 0. The van der Waals surface area contributed by atoms with Gasteiger partial charge < -0.3 is 10.6 Å². The monoisotopic (exact) mass is 256 g/mol. The standard InChI is InChI=1S/C14H16N4O/c1-2-16-13-8-12(5-7-17-13)14(19)18-10-11-4-3-6-15-9-11/h3-9H,2,10H2,1H3,(H,16,17)(H,18,19). The third kappa shape index (κ3) is 3.77. The molecule has 0 spiro atoms. The summed E-state index contributed by atoms with van der Waals surface area (Å²) in [6.07, 6.45) is 5.06. The Labute approximate surface area is 112 Å². The highest BCUT2D eigenvalue weighted by Gasteiger charge is 2.06. The second-order valence-electron chi connectivity index (χ2n) is 4.00. The van der Waals surface area contributed by atoms with Crippen molar-refractivity contribution in [2.45, 2.75) is 13.5 Å². The number of nitrogens with one attached hydrogen (secondary N) is 2. The molecule has 5 nitrogen and oxygen atoms in total. The molecule has 0 atom stereocenters. The van der Waals surface area contributed by atoms with Crippen LogP contribution in [0.2, 0.25) is 0 Å². The van der Waals surface area contributed by atoms with Crippen LogP contribution in [-0.4, -0.2) is 22.4 Å². The number of nitrogens with zero attached hydrogens (tertiary/aromatic N) is 2. The van der Waals surface area contributed by atoms with Gasteiger partial charge in [0.15, 0.2) is 0 Å². The van der Waals surface area contributed by atoms with Crippen LogP contribution in [-0.2, 0) is 6.54 Å². The van der Waals surface area contributed by atoms with Crippen LogP contribution in [0.5, 0.6) is 0 Å². The second kappa shape index (κ2) is 6.49. The Kier molecular flexibility index (Phi) is 4.44. The van der Waals surface area contributed by atoms with Crippen LogP contribution in [0.25, 0.3) is 0 Å². The van der Waals surface area contributed by atoms with E-state index in [4.69, 9.17) is 0 Å². The van der Waals surface area contributed by atoms with Gasteiger partial charge in [0.05, 0.1) is 0 Å². The molecule has 5 heteroatoms. The minimum absolute atomic E-state index is 0.120. The molecule has 0 aliphatic rings. The van der Waals surface area contributed by atoms with Gasteiger partial charge in [-0.05, 0) is 30.7 Å². The molecule has 0 aromatic carbocycles. The number of hydrogen-bond acceptors (Lipinski definition) is 4. The van der Waals surface area contributed by atoms with E-state index >= 15 is 0 Å². The molecule has 1 amide bonds. The molecule has 2 aromatic rings. The van der Waals surface area contributed by atoms with Gasteiger partial charge in [0.2, 0.25) is 0 Å². The molecule has 0 unspecified atom stereocenters. The first-order valence-electron chi connectivity index (χ1n) is 6.16. The Morgan fingerprint density at radius 1 is 1.32 bits per heavy atom. The minimum atomic E-state index is -0.120. The fourth-order valence-corrected chi connectivity index (χ4v) is 1.64. The van der Waals surface area contributed by atoms with Crippen LogP contribution in [0.3, 0.4) is 0 Å². The van der Waals surface area contributed by atoms with E-state index in [2.05, 4.69) is 20.6 Å². The highest BCUT2D eigenvalue weighted by Crippen LogP contribution is 2.06. The van der Waals surface area contributed by atoms with Crippen molar-refractivity contribution in [1.29, 1.82) is 0 Å². The molecule has 0 aliphatic carbocycles. The number of anilines is 1. The maximum absolute atomic E-state index is 12.0. The van der Waals surface area contributed by atoms with E-state index in [9.17, 15) is 4.79 Å². The Balaban J connectivity index is 1.98. The van der Waals surface area contributed by atoms with Gasteiger partial charge in [0, 0.05) is 37.2 Å². The van der Waals surface area contributed by atoms with E-state index < -0.39 is 0 Å². The lowest BCUT2D eigenvalue weighted by molar-refractivity contribution is 0.0951. The van der Waals surface area contributed by atoms with Crippen molar-refractivity contribution < 1.29 is 4.79 Å². The summed E-state index contributed by atoms with van der Waals surface area (Å²) in [6.45, 7) is 3.22. The van der Waals surface area contributed by atoms with Gasteiger partial charge in [-0.1, -0.05) is 6.07 Å². The van der Waals surface area contributed by atoms with Crippen molar-refractivity contribution in [3.8, 4) is 0 Å². The molecule has 0 bridgehead atoms. The Bertz CT molecular complexity index is 542. The highest BCUT2D eigenvalue weighted by atomic mass is 16.1. The quantitative estimate of drug-likeness (QED) is 0.856.